The van der Waals surface area contributed by atoms with E-state index < -0.39 is 15.8 Å². The molecule has 1 aliphatic heterocycles. The minimum absolute atomic E-state index is 0.0671. The van der Waals surface area contributed by atoms with Gasteiger partial charge in [0.1, 0.15) is 0 Å². The molecule has 0 bridgehead atoms. The van der Waals surface area contributed by atoms with E-state index in [2.05, 4.69) is 5.32 Å². The normalized spacial score (nSPS) is 21.8. The molecule has 0 radical (unpaired) electrons. The summed E-state index contributed by atoms with van der Waals surface area (Å²) in [5, 5.41) is 3.14. The van der Waals surface area contributed by atoms with Crippen LogP contribution in [0.25, 0.3) is 0 Å². The van der Waals surface area contributed by atoms with Crippen molar-refractivity contribution in [2.75, 3.05) is 16.8 Å². The number of rotatable bonds is 2. The van der Waals surface area contributed by atoms with Crippen molar-refractivity contribution in [1.29, 1.82) is 0 Å². The first-order valence-corrected chi connectivity index (χ1v) is 7.85. The molecule has 4 nitrogen and oxygen atoms in total. The second-order valence-corrected chi connectivity index (χ2v) is 7.21. The summed E-state index contributed by atoms with van der Waals surface area (Å²) in [4.78, 5) is 11.9. The third-order valence-corrected chi connectivity index (χ3v) is 5.07. The fourth-order valence-electron chi connectivity index (χ4n) is 1.96. The molecule has 1 aliphatic rings. The molecule has 1 aromatic carbocycles. The molecule has 1 saturated heterocycles. The topological polar surface area (TPSA) is 63.2 Å². The van der Waals surface area contributed by atoms with Crippen LogP contribution in [-0.2, 0) is 14.6 Å². The van der Waals surface area contributed by atoms with Crippen LogP contribution in [0.1, 0.15) is 12.0 Å². The highest BCUT2D eigenvalue weighted by atomic mass is 35.5. The summed E-state index contributed by atoms with van der Waals surface area (Å²) >= 11 is 6.00. The van der Waals surface area contributed by atoms with Crippen LogP contribution in [0.5, 0.6) is 0 Å². The number of nitrogens with one attached hydrogen (secondary N) is 1. The Morgan fingerprint density at radius 1 is 1.44 bits per heavy atom. The van der Waals surface area contributed by atoms with E-state index >= 15 is 0 Å². The Balaban J connectivity index is 2.08. The molecule has 1 atom stereocenters. The molecular weight excluding hydrogens is 274 g/mol. The van der Waals surface area contributed by atoms with Crippen molar-refractivity contribution >= 4 is 33.0 Å². The first-order chi connectivity index (χ1) is 8.37. The number of halogens is 1. The van der Waals surface area contributed by atoms with E-state index in [4.69, 9.17) is 11.6 Å². The van der Waals surface area contributed by atoms with Gasteiger partial charge in [0.05, 0.1) is 28.1 Å². The lowest BCUT2D eigenvalue weighted by atomic mass is 10.1. The van der Waals surface area contributed by atoms with Gasteiger partial charge in [0.15, 0.2) is 9.84 Å². The first-order valence-electron chi connectivity index (χ1n) is 5.65. The predicted molar refractivity (Wildman–Crippen MR) is 71.6 cm³/mol. The highest BCUT2D eigenvalue weighted by Gasteiger charge is 2.33. The summed E-state index contributed by atoms with van der Waals surface area (Å²) in [7, 11) is -3.04. The van der Waals surface area contributed by atoms with Crippen LogP contribution in [0, 0.1) is 12.8 Å². The monoisotopic (exact) mass is 287 g/mol. The highest BCUT2D eigenvalue weighted by Crippen LogP contribution is 2.25. The van der Waals surface area contributed by atoms with Crippen LogP contribution >= 0.6 is 11.6 Å². The number of benzene rings is 1. The lowest BCUT2D eigenvalue weighted by Gasteiger charge is -2.11. The van der Waals surface area contributed by atoms with E-state index in [1.807, 2.05) is 13.0 Å². The molecular formula is C12H14ClNO3S. The Morgan fingerprint density at radius 2 is 2.17 bits per heavy atom. The van der Waals surface area contributed by atoms with Crippen LogP contribution in [0.4, 0.5) is 5.69 Å². The smallest absolute Gasteiger partial charge is 0.228 e. The number of carbonyl (C=O) groups is 1. The summed E-state index contributed by atoms with van der Waals surface area (Å²) in [6.07, 6.45) is 0.387. The van der Waals surface area contributed by atoms with Crippen LogP contribution < -0.4 is 5.32 Å². The maximum Gasteiger partial charge on any atom is 0.228 e. The SMILES string of the molecule is Cc1ccc(NC(=O)[C@H]2CCS(=O)(=O)C2)c(Cl)c1. The van der Waals surface area contributed by atoms with Gasteiger partial charge in [-0.2, -0.15) is 0 Å². The van der Waals surface area contributed by atoms with Crippen molar-refractivity contribution in [3.63, 3.8) is 0 Å². The van der Waals surface area contributed by atoms with Crippen molar-refractivity contribution in [2.45, 2.75) is 13.3 Å². The molecule has 1 heterocycles. The van der Waals surface area contributed by atoms with E-state index in [1.165, 1.54) is 0 Å². The van der Waals surface area contributed by atoms with Crippen LogP contribution in [0.15, 0.2) is 18.2 Å². The van der Waals surface area contributed by atoms with Crippen LogP contribution in [0.3, 0.4) is 0 Å². The Bertz CT molecular complexity index is 583. The number of aryl methyl sites for hydroxylation is 1. The van der Waals surface area contributed by atoms with Gasteiger partial charge in [0, 0.05) is 0 Å². The van der Waals surface area contributed by atoms with Gasteiger partial charge in [-0.3, -0.25) is 4.79 Å². The molecule has 2 rings (SSSR count). The van der Waals surface area contributed by atoms with Crippen molar-refractivity contribution in [1.82, 2.24) is 0 Å². The molecule has 6 heteroatoms. The Kier molecular flexibility index (Phi) is 3.64. The third kappa shape index (κ3) is 3.03. The minimum atomic E-state index is -3.04. The number of sulfone groups is 1. The zero-order valence-corrected chi connectivity index (χ0v) is 11.5. The van der Waals surface area contributed by atoms with Crippen molar-refractivity contribution < 1.29 is 13.2 Å². The van der Waals surface area contributed by atoms with Gasteiger partial charge >= 0.3 is 0 Å². The van der Waals surface area contributed by atoms with Crippen molar-refractivity contribution in [3.05, 3.63) is 28.8 Å². The second-order valence-electron chi connectivity index (χ2n) is 4.57. The van der Waals surface area contributed by atoms with Gasteiger partial charge < -0.3 is 5.32 Å². The minimum Gasteiger partial charge on any atom is -0.324 e. The quantitative estimate of drug-likeness (QED) is 0.905. The van der Waals surface area contributed by atoms with Gasteiger partial charge in [-0.05, 0) is 31.0 Å². The second kappa shape index (κ2) is 4.90. The fourth-order valence-corrected chi connectivity index (χ4v) is 3.98. The first kappa shape index (κ1) is 13.4. The summed E-state index contributed by atoms with van der Waals surface area (Å²) in [6.45, 7) is 1.90. The van der Waals surface area contributed by atoms with Gasteiger partial charge in [0.25, 0.3) is 0 Å². The number of hydrogen-bond donors (Lipinski definition) is 1. The van der Waals surface area contributed by atoms with Crippen LogP contribution in [-0.4, -0.2) is 25.8 Å². The number of amides is 1. The summed E-state index contributed by atoms with van der Waals surface area (Å²) in [5.41, 5.74) is 1.53. The number of carbonyl (C=O) groups excluding carboxylic acids is 1. The van der Waals surface area contributed by atoms with E-state index in [1.54, 1.807) is 12.1 Å². The molecule has 1 amide bonds. The van der Waals surface area contributed by atoms with E-state index in [0.29, 0.717) is 17.1 Å². The summed E-state index contributed by atoms with van der Waals surface area (Å²) in [5.74, 6) is -0.719. The average molecular weight is 288 g/mol. The zero-order chi connectivity index (χ0) is 13.3. The lowest BCUT2D eigenvalue weighted by molar-refractivity contribution is -0.119. The molecule has 98 valence electrons. The number of anilines is 1. The molecule has 18 heavy (non-hydrogen) atoms. The molecule has 1 fully saturated rings. The Labute approximate surface area is 111 Å². The number of hydrogen-bond acceptors (Lipinski definition) is 3. The van der Waals surface area contributed by atoms with Gasteiger partial charge in [-0.15, -0.1) is 0 Å². The van der Waals surface area contributed by atoms with Crippen LogP contribution in [0.2, 0.25) is 5.02 Å². The Hall–Kier alpha value is -1.07. The maximum atomic E-state index is 11.9. The largest absolute Gasteiger partial charge is 0.324 e. The third-order valence-electron chi connectivity index (χ3n) is 2.99. The maximum absolute atomic E-state index is 11.9. The molecule has 0 unspecified atom stereocenters. The van der Waals surface area contributed by atoms with Gasteiger partial charge in [-0.1, -0.05) is 17.7 Å². The molecule has 0 aliphatic carbocycles. The predicted octanol–water partition coefficient (Wildman–Crippen LogP) is 2.02. The molecule has 1 N–H and O–H groups in total. The standard InChI is InChI=1S/C12H14ClNO3S/c1-8-2-3-11(10(13)6-8)14-12(15)9-4-5-18(16,17)7-9/h2-3,6,9H,4-5,7H2,1H3,(H,14,15)/t9-/m0/s1. The zero-order valence-electron chi connectivity index (χ0n) is 9.94. The molecule has 0 saturated carbocycles. The lowest BCUT2D eigenvalue weighted by Crippen LogP contribution is -2.23. The van der Waals surface area contributed by atoms with Crippen molar-refractivity contribution in [2.24, 2.45) is 5.92 Å². The van der Waals surface area contributed by atoms with Crippen molar-refractivity contribution in [3.8, 4) is 0 Å². The fraction of sp³-hybridized carbons (Fsp3) is 0.417. The van der Waals surface area contributed by atoms with E-state index in [0.717, 1.165) is 5.56 Å². The Morgan fingerprint density at radius 3 is 2.72 bits per heavy atom. The van der Waals surface area contributed by atoms with Gasteiger partial charge in [0.2, 0.25) is 5.91 Å². The van der Waals surface area contributed by atoms with E-state index in [9.17, 15) is 13.2 Å². The molecule has 0 spiro atoms. The molecule has 0 aromatic heterocycles. The highest BCUT2D eigenvalue weighted by molar-refractivity contribution is 7.91. The van der Waals surface area contributed by atoms with Gasteiger partial charge in [-0.25, -0.2) is 8.42 Å². The van der Waals surface area contributed by atoms with E-state index in [-0.39, 0.29) is 17.4 Å². The summed E-state index contributed by atoms with van der Waals surface area (Å²) in [6, 6.07) is 5.31. The molecule has 1 aromatic rings. The summed E-state index contributed by atoms with van der Waals surface area (Å²) < 4.78 is 22.6. The average Bonchev–Trinajstić information content (AvgIpc) is 2.63.